The minimum atomic E-state index is -0.281. The van der Waals surface area contributed by atoms with Crippen LogP contribution in [0.1, 0.15) is 60.5 Å². The number of H-pyrrole nitrogens is 1. The van der Waals surface area contributed by atoms with E-state index in [9.17, 15) is 9.18 Å². The molecule has 1 fully saturated rings. The smallest absolute Gasteiger partial charge is 0.272 e. The molecule has 4 heterocycles. The zero-order valence-corrected chi connectivity index (χ0v) is 16.8. The first-order valence-corrected chi connectivity index (χ1v) is 10.1. The highest BCUT2D eigenvalue weighted by molar-refractivity contribution is 5.93. The number of benzene rings is 1. The number of hydrogen-bond donors (Lipinski definition) is 1. The van der Waals surface area contributed by atoms with Crippen molar-refractivity contribution in [3.63, 3.8) is 0 Å². The van der Waals surface area contributed by atoms with Crippen LogP contribution in [0.15, 0.2) is 30.6 Å². The van der Waals surface area contributed by atoms with Crippen LogP contribution in [-0.2, 0) is 0 Å². The molecular formula is C21H22FN7O. The van der Waals surface area contributed by atoms with E-state index in [1.807, 2.05) is 11.0 Å². The highest BCUT2D eigenvalue weighted by atomic mass is 19.1. The van der Waals surface area contributed by atoms with Gasteiger partial charge in [-0.3, -0.25) is 4.79 Å². The van der Waals surface area contributed by atoms with Crippen molar-refractivity contribution in [3.8, 4) is 0 Å². The summed E-state index contributed by atoms with van der Waals surface area (Å²) in [5.74, 6) is 1.32. The van der Waals surface area contributed by atoms with E-state index >= 15 is 0 Å². The molecule has 0 bridgehead atoms. The molecule has 0 unspecified atom stereocenters. The predicted molar refractivity (Wildman–Crippen MR) is 109 cm³/mol. The van der Waals surface area contributed by atoms with E-state index in [0.717, 1.165) is 29.9 Å². The molecule has 0 atom stereocenters. The molecule has 1 aliphatic heterocycles. The van der Waals surface area contributed by atoms with Gasteiger partial charge in [-0.15, -0.1) is 0 Å². The number of carbonyl (C=O) groups is 1. The summed E-state index contributed by atoms with van der Waals surface area (Å²) >= 11 is 0. The molecule has 1 N–H and O–H groups in total. The summed E-state index contributed by atoms with van der Waals surface area (Å²) in [5, 5.41) is 4.20. The second-order valence-corrected chi connectivity index (χ2v) is 8.04. The van der Waals surface area contributed by atoms with Gasteiger partial charge in [-0.2, -0.15) is 10.1 Å². The molecule has 154 valence electrons. The van der Waals surface area contributed by atoms with Crippen LogP contribution in [0.4, 0.5) is 4.39 Å². The highest BCUT2D eigenvalue weighted by Gasteiger charge is 2.28. The summed E-state index contributed by atoms with van der Waals surface area (Å²) in [7, 11) is 0. The van der Waals surface area contributed by atoms with Crippen molar-refractivity contribution < 1.29 is 9.18 Å². The Morgan fingerprint density at radius 3 is 2.77 bits per heavy atom. The molecule has 3 aromatic heterocycles. The van der Waals surface area contributed by atoms with E-state index in [4.69, 9.17) is 0 Å². The number of piperidine rings is 1. The molecule has 0 aliphatic carbocycles. The number of aromatic amines is 1. The van der Waals surface area contributed by atoms with E-state index in [0.29, 0.717) is 30.1 Å². The lowest BCUT2D eigenvalue weighted by Gasteiger charge is -2.31. The Hall–Kier alpha value is -3.36. The van der Waals surface area contributed by atoms with Gasteiger partial charge < -0.3 is 9.88 Å². The van der Waals surface area contributed by atoms with E-state index in [1.54, 1.807) is 10.6 Å². The number of nitrogens with one attached hydrogen (secondary N) is 1. The third-order valence-electron chi connectivity index (χ3n) is 5.72. The summed E-state index contributed by atoms with van der Waals surface area (Å²) in [6, 6.07) is 6.37. The lowest BCUT2D eigenvalue weighted by Crippen LogP contribution is -2.38. The quantitative estimate of drug-likeness (QED) is 0.563. The number of nitrogens with zero attached hydrogens (tertiary/aromatic N) is 6. The maximum absolute atomic E-state index is 13.4. The molecule has 0 radical (unpaired) electrons. The van der Waals surface area contributed by atoms with Crippen molar-refractivity contribution in [2.24, 2.45) is 0 Å². The molecule has 30 heavy (non-hydrogen) atoms. The molecule has 0 spiro atoms. The maximum Gasteiger partial charge on any atom is 0.272 e. The number of amides is 1. The normalized spacial score (nSPS) is 15.5. The lowest BCUT2D eigenvalue weighted by atomic mass is 9.96. The van der Waals surface area contributed by atoms with Crippen LogP contribution in [0, 0.1) is 5.82 Å². The monoisotopic (exact) mass is 407 g/mol. The number of rotatable bonds is 3. The molecule has 0 saturated carbocycles. The van der Waals surface area contributed by atoms with Crippen LogP contribution < -0.4 is 0 Å². The largest absolute Gasteiger partial charge is 0.342 e. The second kappa shape index (κ2) is 7.16. The first-order valence-electron chi connectivity index (χ1n) is 10.1. The Kier molecular flexibility index (Phi) is 4.45. The molecule has 1 saturated heterocycles. The van der Waals surface area contributed by atoms with E-state index in [1.165, 1.54) is 18.5 Å². The number of hydrogen-bond acceptors (Lipinski definition) is 5. The minimum Gasteiger partial charge on any atom is -0.342 e. The molecule has 5 rings (SSSR count). The van der Waals surface area contributed by atoms with Crippen LogP contribution in [-0.4, -0.2) is 53.4 Å². The van der Waals surface area contributed by atoms with Gasteiger partial charge in [0.25, 0.3) is 11.7 Å². The van der Waals surface area contributed by atoms with Crippen molar-refractivity contribution in [3.05, 3.63) is 53.6 Å². The number of halogens is 1. The number of carbonyl (C=O) groups excluding carboxylic acids is 1. The Balaban J connectivity index is 1.33. The van der Waals surface area contributed by atoms with Gasteiger partial charge in [0.1, 0.15) is 23.7 Å². The Bertz CT molecular complexity index is 1240. The van der Waals surface area contributed by atoms with Crippen molar-refractivity contribution in [2.75, 3.05) is 13.1 Å². The van der Waals surface area contributed by atoms with Crippen LogP contribution in [0.3, 0.4) is 0 Å². The van der Waals surface area contributed by atoms with Gasteiger partial charge in [0.2, 0.25) is 0 Å². The van der Waals surface area contributed by atoms with Crippen molar-refractivity contribution in [1.82, 2.24) is 34.4 Å². The fourth-order valence-corrected chi connectivity index (χ4v) is 4.07. The van der Waals surface area contributed by atoms with Crippen molar-refractivity contribution in [1.29, 1.82) is 0 Å². The molecular weight excluding hydrogens is 385 g/mol. The van der Waals surface area contributed by atoms with Crippen LogP contribution in [0.2, 0.25) is 0 Å². The van der Waals surface area contributed by atoms with E-state index in [2.05, 4.69) is 38.9 Å². The molecule has 8 nitrogen and oxygen atoms in total. The Morgan fingerprint density at radius 2 is 2.00 bits per heavy atom. The topological polar surface area (TPSA) is 92.1 Å². The molecule has 4 aromatic rings. The first-order chi connectivity index (χ1) is 14.5. The predicted octanol–water partition coefficient (Wildman–Crippen LogP) is 3.28. The SMILES string of the molecule is CC(C)c1cc(C(=O)N2CCC(c3nc4ccc(F)cc4[nH]3)CC2)nc2ncnn12. The highest BCUT2D eigenvalue weighted by Crippen LogP contribution is 2.29. The zero-order chi connectivity index (χ0) is 20.8. The van der Waals surface area contributed by atoms with Crippen LogP contribution in [0.5, 0.6) is 0 Å². The number of likely N-dealkylation sites (tertiary alicyclic amines) is 1. The average Bonchev–Trinajstić information content (AvgIpc) is 3.38. The molecule has 1 aromatic carbocycles. The fraction of sp³-hybridized carbons (Fsp3) is 0.381. The molecule has 1 aliphatic rings. The fourth-order valence-electron chi connectivity index (χ4n) is 4.07. The minimum absolute atomic E-state index is 0.0903. The van der Waals surface area contributed by atoms with Crippen LogP contribution >= 0.6 is 0 Å². The van der Waals surface area contributed by atoms with E-state index < -0.39 is 0 Å². The number of fused-ring (bicyclic) bond motifs is 2. The Labute approximate surface area is 172 Å². The van der Waals surface area contributed by atoms with Crippen molar-refractivity contribution in [2.45, 2.75) is 38.5 Å². The van der Waals surface area contributed by atoms with Crippen molar-refractivity contribution >= 4 is 22.7 Å². The molecule has 1 amide bonds. The summed E-state index contributed by atoms with van der Waals surface area (Å²) in [6.07, 6.45) is 3.03. The van der Waals surface area contributed by atoms with E-state index in [-0.39, 0.29) is 23.6 Å². The average molecular weight is 407 g/mol. The second-order valence-electron chi connectivity index (χ2n) is 8.04. The summed E-state index contributed by atoms with van der Waals surface area (Å²) in [4.78, 5) is 31.3. The number of imidazole rings is 1. The van der Waals surface area contributed by atoms with Gasteiger partial charge in [0.05, 0.1) is 16.7 Å². The van der Waals surface area contributed by atoms with Crippen LogP contribution in [0.25, 0.3) is 16.8 Å². The summed E-state index contributed by atoms with van der Waals surface area (Å²) < 4.78 is 15.1. The van der Waals surface area contributed by atoms with Gasteiger partial charge in [0, 0.05) is 19.0 Å². The maximum atomic E-state index is 13.4. The van der Waals surface area contributed by atoms with Gasteiger partial charge >= 0.3 is 0 Å². The van der Waals surface area contributed by atoms with Gasteiger partial charge in [-0.25, -0.2) is 18.9 Å². The summed E-state index contributed by atoms with van der Waals surface area (Å²) in [6.45, 7) is 5.34. The zero-order valence-electron chi connectivity index (χ0n) is 16.8. The van der Waals surface area contributed by atoms with Gasteiger partial charge in [-0.05, 0) is 43.0 Å². The third-order valence-corrected chi connectivity index (χ3v) is 5.72. The molecule has 9 heteroatoms. The lowest BCUT2D eigenvalue weighted by molar-refractivity contribution is 0.0705. The number of aromatic nitrogens is 6. The summed E-state index contributed by atoms with van der Waals surface area (Å²) in [5.41, 5.74) is 2.77. The van der Waals surface area contributed by atoms with Gasteiger partial charge in [-0.1, -0.05) is 13.8 Å². The van der Waals surface area contributed by atoms with Gasteiger partial charge in [0.15, 0.2) is 0 Å². The first kappa shape index (κ1) is 18.7. The Morgan fingerprint density at radius 1 is 1.20 bits per heavy atom. The third kappa shape index (κ3) is 3.20. The standard InChI is InChI=1S/C21H22FN7O/c1-12(2)18-10-17(27-21-23-11-24-29(18)21)20(30)28-7-5-13(6-8-28)19-25-15-4-3-14(22)9-16(15)26-19/h3-4,9-13H,5-8H2,1-2H3,(H,25,26).